The van der Waals surface area contributed by atoms with Gasteiger partial charge in [-0.3, -0.25) is 19.5 Å². The second-order valence-electron chi connectivity index (χ2n) is 6.65. The highest BCUT2D eigenvalue weighted by Gasteiger charge is 2.38. The van der Waals surface area contributed by atoms with Crippen molar-refractivity contribution >= 4 is 39.5 Å². The van der Waals surface area contributed by atoms with Crippen molar-refractivity contribution in [3.8, 4) is 0 Å². The van der Waals surface area contributed by atoms with E-state index >= 15 is 0 Å². The van der Waals surface area contributed by atoms with E-state index in [0.717, 1.165) is 46.0 Å². The minimum atomic E-state index is -0.497. The normalized spacial score (nSPS) is 17.0. The highest BCUT2D eigenvalue weighted by Crippen LogP contribution is 2.38. The van der Waals surface area contributed by atoms with Crippen LogP contribution in [0.1, 0.15) is 16.4 Å². The third kappa shape index (κ3) is 3.40. The molecule has 0 radical (unpaired) electrons. The van der Waals surface area contributed by atoms with Gasteiger partial charge in [-0.2, -0.15) is 0 Å². The number of para-hydroxylation sites is 1. The zero-order valence-electron chi connectivity index (χ0n) is 15.1. The number of thioether (sulfide) groups is 1. The van der Waals surface area contributed by atoms with Crippen LogP contribution >= 0.6 is 11.8 Å². The molecule has 0 N–H and O–H groups in total. The largest absolute Gasteiger partial charge is 0.370 e. The maximum atomic E-state index is 12.2. The van der Waals surface area contributed by atoms with Gasteiger partial charge in [0, 0.05) is 37.9 Å². The van der Waals surface area contributed by atoms with Gasteiger partial charge in [0.15, 0.2) is 0 Å². The monoisotopic (exact) mass is 377 g/mol. The topological polar surface area (TPSA) is 53.5 Å². The lowest BCUT2D eigenvalue weighted by Crippen LogP contribution is -2.24. The highest BCUT2D eigenvalue weighted by molar-refractivity contribution is 8.14. The van der Waals surface area contributed by atoms with Gasteiger partial charge in [-0.25, -0.2) is 0 Å². The number of nitrogens with zero attached hydrogens (tertiary/aromatic N) is 3. The Morgan fingerprint density at radius 2 is 1.89 bits per heavy atom. The van der Waals surface area contributed by atoms with Crippen molar-refractivity contribution in [2.45, 2.75) is 11.8 Å². The first kappa shape index (κ1) is 17.5. The van der Waals surface area contributed by atoms with Crippen molar-refractivity contribution in [1.82, 2.24) is 9.88 Å². The summed E-state index contributed by atoms with van der Waals surface area (Å²) in [5.74, 6) is -0.188. The molecule has 6 heteroatoms. The Labute approximate surface area is 162 Å². The third-order valence-electron chi connectivity index (χ3n) is 4.74. The Bertz CT molecular complexity index is 1020. The van der Waals surface area contributed by atoms with E-state index in [1.807, 2.05) is 30.3 Å². The number of pyridine rings is 1. The van der Waals surface area contributed by atoms with Gasteiger partial charge in [0.05, 0.1) is 5.52 Å². The number of likely N-dealkylation sites (N-methyl/N-ethyl adjacent to an activating group) is 1. The van der Waals surface area contributed by atoms with Crippen LogP contribution in [0.2, 0.25) is 0 Å². The van der Waals surface area contributed by atoms with Crippen LogP contribution in [0, 0.1) is 0 Å². The number of amides is 2. The molecular formula is C21H19N3O2S. The Kier molecular flexibility index (Phi) is 4.58. The molecule has 0 spiro atoms. The van der Waals surface area contributed by atoms with E-state index in [0.29, 0.717) is 0 Å². The molecule has 1 atom stereocenters. The summed E-state index contributed by atoms with van der Waals surface area (Å²) < 4.78 is 0. The number of anilines is 1. The molecule has 0 saturated carbocycles. The molecule has 1 unspecified atom stereocenters. The molecule has 2 heterocycles. The molecule has 136 valence electrons. The Morgan fingerprint density at radius 3 is 2.59 bits per heavy atom. The van der Waals surface area contributed by atoms with Crippen molar-refractivity contribution in [3.05, 3.63) is 71.9 Å². The second-order valence-corrected chi connectivity index (χ2v) is 7.70. The van der Waals surface area contributed by atoms with Gasteiger partial charge in [0.2, 0.25) is 5.91 Å². The zero-order valence-corrected chi connectivity index (χ0v) is 15.9. The minimum Gasteiger partial charge on any atom is -0.370 e. The average Bonchev–Trinajstić information content (AvgIpc) is 2.95. The molecule has 2 aromatic carbocycles. The molecule has 4 rings (SSSR count). The molecule has 2 amide bonds. The summed E-state index contributed by atoms with van der Waals surface area (Å²) in [6.07, 6.45) is 1.70. The molecule has 0 aliphatic carbocycles. The molecule has 1 fully saturated rings. The first-order chi connectivity index (χ1) is 13.0. The number of hydrogen-bond acceptors (Lipinski definition) is 5. The predicted octanol–water partition coefficient (Wildman–Crippen LogP) is 4.24. The van der Waals surface area contributed by atoms with Crippen LogP contribution in [-0.2, 0) is 11.3 Å². The average molecular weight is 377 g/mol. The fourth-order valence-electron chi connectivity index (χ4n) is 3.18. The first-order valence-corrected chi connectivity index (χ1v) is 9.54. The molecule has 3 aromatic rings. The van der Waals surface area contributed by atoms with E-state index in [-0.39, 0.29) is 11.1 Å². The molecule has 1 aliphatic rings. The minimum absolute atomic E-state index is 0.188. The number of rotatable bonds is 4. The standard InChI is InChI=1S/C21H19N3O2S/c1-23(17-6-4-3-5-7-17)13-14-8-9-15-11-16(12-22-18(15)10-14)19-20(25)24(2)21(26)27-19/h3-12,19H,13H2,1-2H3. The van der Waals surface area contributed by atoms with Crippen LogP contribution in [0.25, 0.3) is 10.9 Å². The molecule has 1 saturated heterocycles. The van der Waals surface area contributed by atoms with Gasteiger partial charge < -0.3 is 4.90 Å². The lowest BCUT2D eigenvalue weighted by atomic mass is 10.1. The number of benzene rings is 2. The molecule has 0 bridgehead atoms. The zero-order chi connectivity index (χ0) is 19.0. The second kappa shape index (κ2) is 7.04. The van der Waals surface area contributed by atoms with Gasteiger partial charge in [-0.15, -0.1) is 0 Å². The van der Waals surface area contributed by atoms with E-state index in [4.69, 9.17) is 0 Å². The van der Waals surface area contributed by atoms with Gasteiger partial charge >= 0.3 is 0 Å². The summed E-state index contributed by atoms with van der Waals surface area (Å²) in [7, 11) is 3.58. The summed E-state index contributed by atoms with van der Waals surface area (Å²) in [5.41, 5.74) is 3.97. The van der Waals surface area contributed by atoms with Crippen molar-refractivity contribution < 1.29 is 9.59 Å². The number of carbonyl (C=O) groups excluding carboxylic acids is 2. The number of aromatic nitrogens is 1. The van der Waals surface area contributed by atoms with Crippen molar-refractivity contribution in [3.63, 3.8) is 0 Å². The highest BCUT2D eigenvalue weighted by atomic mass is 32.2. The molecule has 27 heavy (non-hydrogen) atoms. The van der Waals surface area contributed by atoms with E-state index in [2.05, 4.69) is 41.2 Å². The summed E-state index contributed by atoms with van der Waals surface area (Å²) in [5, 5.41) is 0.252. The Morgan fingerprint density at radius 1 is 1.11 bits per heavy atom. The van der Waals surface area contributed by atoms with Gasteiger partial charge in [0.1, 0.15) is 5.25 Å². The third-order valence-corrected chi connectivity index (χ3v) is 5.92. The van der Waals surface area contributed by atoms with Crippen LogP contribution < -0.4 is 4.90 Å². The maximum Gasteiger partial charge on any atom is 0.289 e. The number of carbonyl (C=O) groups is 2. The van der Waals surface area contributed by atoms with Crippen LogP contribution in [0.5, 0.6) is 0 Å². The van der Waals surface area contributed by atoms with Crippen molar-refractivity contribution in [1.29, 1.82) is 0 Å². The molecular weight excluding hydrogens is 358 g/mol. The lowest BCUT2D eigenvalue weighted by molar-refractivity contribution is -0.125. The van der Waals surface area contributed by atoms with Crippen LogP contribution in [-0.4, -0.2) is 35.1 Å². The summed E-state index contributed by atoms with van der Waals surface area (Å²) in [6.45, 7) is 0.777. The fraction of sp³-hybridized carbons (Fsp3) is 0.190. The predicted molar refractivity (Wildman–Crippen MR) is 109 cm³/mol. The van der Waals surface area contributed by atoms with Crippen LogP contribution in [0.4, 0.5) is 10.5 Å². The lowest BCUT2D eigenvalue weighted by Gasteiger charge is -2.19. The number of imide groups is 1. The Hall–Kier alpha value is -2.86. The quantitative estimate of drug-likeness (QED) is 0.681. The van der Waals surface area contributed by atoms with E-state index < -0.39 is 5.25 Å². The van der Waals surface area contributed by atoms with Gasteiger partial charge in [-0.1, -0.05) is 30.3 Å². The van der Waals surface area contributed by atoms with Crippen LogP contribution in [0.3, 0.4) is 0 Å². The summed E-state index contributed by atoms with van der Waals surface area (Å²) in [6, 6.07) is 18.4. The number of hydrogen-bond donors (Lipinski definition) is 0. The molecule has 1 aromatic heterocycles. The molecule has 1 aliphatic heterocycles. The summed E-state index contributed by atoms with van der Waals surface area (Å²) >= 11 is 1.04. The van der Waals surface area contributed by atoms with Crippen LogP contribution in [0.15, 0.2) is 60.8 Å². The van der Waals surface area contributed by atoms with Crippen molar-refractivity contribution in [2.24, 2.45) is 0 Å². The smallest absolute Gasteiger partial charge is 0.289 e. The molecule has 5 nitrogen and oxygen atoms in total. The van der Waals surface area contributed by atoms with Gasteiger partial charge in [-0.05, 0) is 47.2 Å². The van der Waals surface area contributed by atoms with E-state index in [9.17, 15) is 9.59 Å². The van der Waals surface area contributed by atoms with Gasteiger partial charge in [0.25, 0.3) is 5.24 Å². The number of fused-ring (bicyclic) bond motifs is 1. The first-order valence-electron chi connectivity index (χ1n) is 8.66. The van der Waals surface area contributed by atoms with E-state index in [1.165, 1.54) is 11.9 Å². The van der Waals surface area contributed by atoms with E-state index in [1.54, 1.807) is 6.20 Å². The maximum absolute atomic E-state index is 12.2. The Balaban J connectivity index is 1.57. The van der Waals surface area contributed by atoms with Crippen molar-refractivity contribution in [2.75, 3.05) is 19.0 Å². The SMILES string of the molecule is CN1C(=O)SC(c2cnc3cc(CN(C)c4ccccc4)ccc3c2)C1=O. The fourth-order valence-corrected chi connectivity index (χ4v) is 4.15. The summed E-state index contributed by atoms with van der Waals surface area (Å²) in [4.78, 5) is 31.8.